The van der Waals surface area contributed by atoms with E-state index in [1.54, 1.807) is 16.9 Å². The lowest BCUT2D eigenvalue weighted by molar-refractivity contribution is -0.129. The second-order valence-corrected chi connectivity index (χ2v) is 8.43. The Morgan fingerprint density at radius 1 is 1.07 bits per heavy atom. The van der Waals surface area contributed by atoms with E-state index in [4.69, 9.17) is 0 Å². The summed E-state index contributed by atoms with van der Waals surface area (Å²) in [6, 6.07) is 11.2. The van der Waals surface area contributed by atoms with E-state index in [1.165, 1.54) is 47.4 Å². The molecular weight excluding hydrogens is 424 g/mol. The summed E-state index contributed by atoms with van der Waals surface area (Å²) in [6.07, 6.45) is 2.79. The van der Waals surface area contributed by atoms with Crippen LogP contribution >= 0.6 is 0 Å². The van der Waals surface area contributed by atoms with Crippen molar-refractivity contribution in [2.75, 3.05) is 11.3 Å². The highest BCUT2D eigenvalue weighted by Crippen LogP contribution is 2.29. The van der Waals surface area contributed by atoms with Gasteiger partial charge in [0.1, 0.15) is 5.82 Å². The lowest BCUT2D eigenvalue weighted by Gasteiger charge is -2.29. The molecule has 0 radical (unpaired) electrons. The minimum Gasteiger partial charge on any atom is -0.335 e. The Kier molecular flexibility index (Phi) is 6.16. The van der Waals surface area contributed by atoms with Crippen molar-refractivity contribution in [3.05, 3.63) is 71.0 Å². The number of hydrogen-bond donors (Lipinski definition) is 1. The number of rotatable bonds is 5. The summed E-state index contributed by atoms with van der Waals surface area (Å²) in [5, 5.41) is 0. The van der Waals surface area contributed by atoms with E-state index in [2.05, 4.69) is 0 Å². The number of nitrogens with zero attached hydrogens (tertiary/aromatic N) is 1. The van der Waals surface area contributed by atoms with Gasteiger partial charge in [-0.3, -0.25) is 9.52 Å². The second kappa shape index (κ2) is 8.47. The number of carbonyl (C=O) groups is 1. The number of hydrogen-bond acceptors (Lipinski definition) is 3. The average molecular weight is 442 g/mol. The third-order valence-electron chi connectivity index (χ3n) is 4.57. The number of benzene rings is 2. The number of piperidine rings is 1. The minimum atomic E-state index is -5.58. The van der Waals surface area contributed by atoms with Gasteiger partial charge in [-0.1, -0.05) is 30.3 Å². The molecule has 160 valence electrons. The van der Waals surface area contributed by atoms with Crippen molar-refractivity contribution in [2.24, 2.45) is 0 Å². The summed E-state index contributed by atoms with van der Waals surface area (Å²) in [5.74, 6) is -0.703. The van der Waals surface area contributed by atoms with E-state index >= 15 is 0 Å². The summed E-state index contributed by atoms with van der Waals surface area (Å²) in [7, 11) is -5.58. The SMILES string of the molecule is O=C1/C(=C/c2ccc(F)cc2)CCCN1Cc1ccccc1NS(=O)(=O)C(F)(F)F. The van der Waals surface area contributed by atoms with Gasteiger partial charge in [-0.05, 0) is 48.2 Å². The zero-order valence-electron chi connectivity index (χ0n) is 15.6. The smallest absolute Gasteiger partial charge is 0.335 e. The molecule has 1 aliphatic rings. The molecule has 1 saturated heterocycles. The van der Waals surface area contributed by atoms with Gasteiger partial charge >= 0.3 is 15.5 Å². The van der Waals surface area contributed by atoms with Crippen molar-refractivity contribution in [3.8, 4) is 0 Å². The van der Waals surface area contributed by atoms with E-state index in [9.17, 15) is 30.8 Å². The number of alkyl halides is 3. The summed E-state index contributed by atoms with van der Waals surface area (Å²) in [4.78, 5) is 14.3. The molecule has 2 aromatic carbocycles. The zero-order valence-corrected chi connectivity index (χ0v) is 16.4. The van der Waals surface area contributed by atoms with E-state index in [0.717, 1.165) is 0 Å². The molecule has 3 rings (SSSR count). The van der Waals surface area contributed by atoms with Crippen molar-refractivity contribution in [2.45, 2.75) is 24.9 Å². The largest absolute Gasteiger partial charge is 0.516 e. The third-order valence-corrected chi connectivity index (χ3v) is 5.67. The van der Waals surface area contributed by atoms with Gasteiger partial charge in [0.2, 0.25) is 5.91 Å². The normalized spacial score (nSPS) is 16.7. The van der Waals surface area contributed by atoms with Crippen LogP contribution in [0.25, 0.3) is 6.08 Å². The van der Waals surface area contributed by atoms with E-state index < -0.39 is 21.3 Å². The number of anilines is 1. The Balaban J connectivity index is 1.81. The molecule has 10 heteroatoms. The highest BCUT2D eigenvalue weighted by Gasteiger charge is 2.46. The van der Waals surface area contributed by atoms with Gasteiger partial charge < -0.3 is 4.90 Å². The Labute approximate surface area is 171 Å². The monoisotopic (exact) mass is 442 g/mol. The molecule has 1 N–H and O–H groups in total. The number of halogens is 4. The van der Waals surface area contributed by atoms with Crippen LogP contribution in [0.1, 0.15) is 24.0 Å². The topological polar surface area (TPSA) is 66.5 Å². The number of nitrogens with one attached hydrogen (secondary N) is 1. The van der Waals surface area contributed by atoms with Crippen molar-refractivity contribution in [1.29, 1.82) is 0 Å². The predicted octanol–water partition coefficient (Wildman–Crippen LogP) is 4.29. The first-order chi connectivity index (χ1) is 14.1. The van der Waals surface area contributed by atoms with E-state index in [-0.39, 0.29) is 23.7 Å². The molecule has 2 aromatic rings. The van der Waals surface area contributed by atoms with Crippen LogP contribution in [-0.2, 0) is 21.4 Å². The summed E-state index contributed by atoms with van der Waals surface area (Å²) < 4.78 is 75.6. The van der Waals surface area contributed by atoms with Crippen molar-refractivity contribution in [1.82, 2.24) is 4.90 Å². The summed E-state index contributed by atoms with van der Waals surface area (Å²) in [6.45, 7) is 0.316. The average Bonchev–Trinajstić information content (AvgIpc) is 2.67. The maximum atomic E-state index is 13.1. The highest BCUT2D eigenvalue weighted by molar-refractivity contribution is 7.93. The quantitative estimate of drug-likeness (QED) is 0.555. The van der Waals surface area contributed by atoms with Gasteiger partial charge in [0.05, 0.1) is 5.69 Å². The number of carbonyl (C=O) groups excluding carboxylic acids is 1. The molecule has 0 saturated carbocycles. The molecule has 1 aliphatic heterocycles. The predicted molar refractivity (Wildman–Crippen MR) is 104 cm³/mol. The van der Waals surface area contributed by atoms with E-state index in [0.29, 0.717) is 30.5 Å². The Hall–Kier alpha value is -2.88. The van der Waals surface area contributed by atoms with Crippen molar-refractivity contribution < 1.29 is 30.8 Å². The number of sulfonamides is 1. The Morgan fingerprint density at radius 3 is 2.40 bits per heavy atom. The van der Waals surface area contributed by atoms with Crippen LogP contribution in [0.3, 0.4) is 0 Å². The zero-order chi connectivity index (χ0) is 21.9. The Morgan fingerprint density at radius 2 is 1.73 bits per heavy atom. The van der Waals surface area contributed by atoms with Crippen LogP contribution in [0.4, 0.5) is 23.2 Å². The van der Waals surface area contributed by atoms with Gasteiger partial charge in [-0.15, -0.1) is 0 Å². The van der Waals surface area contributed by atoms with Crippen LogP contribution in [0, 0.1) is 5.82 Å². The van der Waals surface area contributed by atoms with Crippen LogP contribution in [0.5, 0.6) is 0 Å². The van der Waals surface area contributed by atoms with Crippen LogP contribution in [0.2, 0.25) is 0 Å². The van der Waals surface area contributed by atoms with Crippen LogP contribution in [0.15, 0.2) is 54.1 Å². The molecule has 0 aromatic heterocycles. The highest BCUT2D eigenvalue weighted by atomic mass is 32.2. The fourth-order valence-corrected chi connectivity index (χ4v) is 3.69. The molecule has 0 atom stereocenters. The molecule has 0 bridgehead atoms. The molecule has 30 heavy (non-hydrogen) atoms. The summed E-state index contributed by atoms with van der Waals surface area (Å²) >= 11 is 0. The van der Waals surface area contributed by atoms with Gasteiger partial charge in [0.15, 0.2) is 0 Å². The molecule has 0 aliphatic carbocycles. The first-order valence-corrected chi connectivity index (χ1v) is 10.5. The number of para-hydroxylation sites is 1. The second-order valence-electron chi connectivity index (χ2n) is 6.76. The first kappa shape index (κ1) is 21.8. The van der Waals surface area contributed by atoms with Gasteiger partial charge in [0.25, 0.3) is 0 Å². The summed E-state index contributed by atoms with van der Waals surface area (Å²) in [5.41, 5.74) is -4.31. The van der Waals surface area contributed by atoms with Gasteiger partial charge in [-0.25, -0.2) is 4.39 Å². The molecule has 1 fully saturated rings. The number of likely N-dealkylation sites (tertiary alicyclic amines) is 1. The fourth-order valence-electron chi connectivity index (χ4n) is 3.08. The lowest BCUT2D eigenvalue weighted by Crippen LogP contribution is -2.37. The fraction of sp³-hybridized carbons (Fsp3) is 0.250. The Bertz CT molecular complexity index is 1060. The third kappa shape index (κ3) is 4.99. The molecule has 1 heterocycles. The minimum absolute atomic E-state index is 0.0594. The van der Waals surface area contributed by atoms with E-state index in [1.807, 2.05) is 0 Å². The first-order valence-electron chi connectivity index (χ1n) is 8.99. The van der Waals surface area contributed by atoms with Crippen LogP contribution in [-0.4, -0.2) is 31.3 Å². The maximum absolute atomic E-state index is 13.1. The van der Waals surface area contributed by atoms with Gasteiger partial charge in [0, 0.05) is 18.7 Å². The molecule has 5 nitrogen and oxygen atoms in total. The standard InChI is InChI=1S/C20H18F4N2O3S/c21-17-9-7-14(8-10-17)12-15-5-3-11-26(19(15)27)13-16-4-1-2-6-18(16)25-30(28,29)20(22,23)24/h1-2,4,6-10,12,25H,3,5,11,13H2/b15-12+. The number of amides is 1. The van der Waals surface area contributed by atoms with Crippen LogP contribution < -0.4 is 4.72 Å². The lowest BCUT2D eigenvalue weighted by atomic mass is 10.00. The molecule has 0 unspecified atom stereocenters. The molecule has 0 spiro atoms. The maximum Gasteiger partial charge on any atom is 0.516 e. The van der Waals surface area contributed by atoms with Gasteiger partial charge in [-0.2, -0.15) is 21.6 Å². The molecule has 1 amide bonds. The molecular formula is C20H18F4N2O3S. The van der Waals surface area contributed by atoms with Crippen molar-refractivity contribution in [3.63, 3.8) is 0 Å². The van der Waals surface area contributed by atoms with Crippen molar-refractivity contribution >= 4 is 27.7 Å².